The highest BCUT2D eigenvalue weighted by Gasteiger charge is 2.68. The largest absolute Gasteiger partial charge is 0.480 e. The molecule has 162 valence electrons. The SMILES string of the molecule is CC1(C)[C@H](C(=O)O)N2C(=O)[C@@H](NS(=O)(=O)c3ccc([N+](=O)[O-])cc3[N+](=O)[O-])[C@H]2S1=O. The first-order valence-corrected chi connectivity index (χ1v) is 10.8. The fraction of sp³-hybridized carbons (Fsp3) is 0.429. The number of β-lactam (4-membered cyclic amide) rings is 1. The zero-order chi connectivity index (χ0) is 22.8. The summed E-state index contributed by atoms with van der Waals surface area (Å²) < 4.78 is 38.6. The summed E-state index contributed by atoms with van der Waals surface area (Å²) >= 11 is 0. The lowest BCUT2D eigenvalue weighted by Crippen LogP contribution is -2.71. The number of rotatable bonds is 6. The van der Waals surface area contributed by atoms with E-state index in [9.17, 15) is 47.6 Å². The van der Waals surface area contributed by atoms with Gasteiger partial charge in [0, 0.05) is 6.07 Å². The third-order valence-corrected chi connectivity index (χ3v) is 8.60. The Morgan fingerprint density at radius 3 is 2.37 bits per heavy atom. The molecule has 2 saturated heterocycles. The molecule has 16 heteroatoms. The minimum Gasteiger partial charge on any atom is -0.480 e. The Labute approximate surface area is 170 Å². The van der Waals surface area contributed by atoms with E-state index in [2.05, 4.69) is 0 Å². The number of carbonyl (C=O) groups is 2. The van der Waals surface area contributed by atoms with Crippen molar-refractivity contribution in [1.82, 2.24) is 9.62 Å². The Balaban J connectivity index is 1.97. The van der Waals surface area contributed by atoms with Crippen molar-refractivity contribution in [3.8, 4) is 0 Å². The Morgan fingerprint density at radius 1 is 1.27 bits per heavy atom. The van der Waals surface area contributed by atoms with Gasteiger partial charge in [-0.15, -0.1) is 0 Å². The fourth-order valence-electron chi connectivity index (χ4n) is 3.49. The molecule has 0 aliphatic carbocycles. The van der Waals surface area contributed by atoms with Crippen LogP contribution in [-0.4, -0.2) is 66.6 Å². The van der Waals surface area contributed by atoms with Crippen LogP contribution in [0, 0.1) is 20.2 Å². The number of fused-ring (bicyclic) bond motifs is 1. The molecule has 2 heterocycles. The summed E-state index contributed by atoms with van der Waals surface area (Å²) in [7, 11) is -6.72. The summed E-state index contributed by atoms with van der Waals surface area (Å²) in [5.74, 6) is -2.35. The highest BCUT2D eigenvalue weighted by Crippen LogP contribution is 2.44. The van der Waals surface area contributed by atoms with Crippen LogP contribution in [0.5, 0.6) is 0 Å². The zero-order valence-corrected chi connectivity index (χ0v) is 16.9. The van der Waals surface area contributed by atoms with Crippen LogP contribution in [0.4, 0.5) is 11.4 Å². The van der Waals surface area contributed by atoms with Crippen molar-refractivity contribution in [1.29, 1.82) is 0 Å². The number of amides is 1. The summed E-state index contributed by atoms with van der Waals surface area (Å²) in [6.45, 7) is 2.72. The van der Waals surface area contributed by atoms with Crippen LogP contribution in [0.25, 0.3) is 0 Å². The van der Waals surface area contributed by atoms with Gasteiger partial charge in [0.15, 0.2) is 4.90 Å². The van der Waals surface area contributed by atoms with Crippen molar-refractivity contribution in [2.45, 2.75) is 40.9 Å². The van der Waals surface area contributed by atoms with E-state index in [0.29, 0.717) is 12.1 Å². The van der Waals surface area contributed by atoms with Gasteiger partial charge in [-0.05, 0) is 19.9 Å². The predicted molar refractivity (Wildman–Crippen MR) is 98.1 cm³/mol. The van der Waals surface area contributed by atoms with Crippen LogP contribution in [0.15, 0.2) is 23.1 Å². The number of hydrogen-bond acceptors (Lipinski definition) is 9. The fourth-order valence-corrected chi connectivity index (χ4v) is 6.84. The van der Waals surface area contributed by atoms with E-state index in [1.54, 1.807) is 0 Å². The molecule has 4 atom stereocenters. The number of hydrogen-bond donors (Lipinski definition) is 2. The zero-order valence-electron chi connectivity index (χ0n) is 15.2. The first-order chi connectivity index (χ1) is 13.7. The van der Waals surface area contributed by atoms with E-state index in [-0.39, 0.29) is 0 Å². The molecule has 1 amide bonds. The third kappa shape index (κ3) is 3.03. The Kier molecular flexibility index (Phi) is 4.91. The van der Waals surface area contributed by atoms with Gasteiger partial charge >= 0.3 is 5.97 Å². The summed E-state index contributed by atoms with van der Waals surface area (Å²) in [6.07, 6.45) is 0. The molecule has 14 nitrogen and oxygen atoms in total. The number of nitrogens with zero attached hydrogens (tertiary/aromatic N) is 3. The first-order valence-electron chi connectivity index (χ1n) is 8.12. The lowest BCUT2D eigenvalue weighted by molar-refractivity contribution is -0.396. The predicted octanol–water partition coefficient (Wildman–Crippen LogP) is -0.688. The second kappa shape index (κ2) is 6.78. The molecule has 30 heavy (non-hydrogen) atoms. The maximum atomic E-state index is 12.7. The van der Waals surface area contributed by atoms with Gasteiger partial charge in [0.2, 0.25) is 15.9 Å². The molecule has 0 spiro atoms. The first kappa shape index (κ1) is 21.7. The topological polar surface area (TPSA) is 207 Å². The normalized spacial score (nSPS) is 27.3. The van der Waals surface area contributed by atoms with Crippen molar-refractivity contribution in [2.75, 3.05) is 0 Å². The molecule has 1 aromatic rings. The van der Waals surface area contributed by atoms with E-state index >= 15 is 0 Å². The molecule has 0 bridgehead atoms. The Bertz CT molecular complexity index is 1130. The summed E-state index contributed by atoms with van der Waals surface area (Å²) in [4.78, 5) is 43.8. The van der Waals surface area contributed by atoms with Gasteiger partial charge in [-0.1, -0.05) is 0 Å². The van der Waals surface area contributed by atoms with Crippen LogP contribution in [0.1, 0.15) is 13.8 Å². The molecule has 3 rings (SSSR count). The highest BCUT2D eigenvalue weighted by molar-refractivity contribution is 7.90. The Morgan fingerprint density at radius 2 is 1.87 bits per heavy atom. The van der Waals surface area contributed by atoms with Crippen molar-refractivity contribution in [3.63, 3.8) is 0 Å². The number of carboxylic acids is 1. The lowest BCUT2D eigenvalue weighted by Gasteiger charge is -2.42. The average molecular weight is 462 g/mol. The highest BCUT2D eigenvalue weighted by atomic mass is 32.2. The van der Waals surface area contributed by atoms with Gasteiger partial charge in [-0.25, -0.2) is 13.2 Å². The maximum absolute atomic E-state index is 12.7. The molecule has 0 aromatic heterocycles. The minimum atomic E-state index is -4.75. The second-order valence-electron chi connectivity index (χ2n) is 7.04. The Hall–Kier alpha value is -2.98. The molecule has 0 saturated carbocycles. The molecule has 2 fully saturated rings. The molecular formula is C14H14N4O10S2. The average Bonchev–Trinajstić information content (AvgIpc) is 2.83. The number of carboxylic acid groups (broad SMARTS) is 1. The molecule has 1 aromatic carbocycles. The third-order valence-electron chi connectivity index (χ3n) is 4.91. The van der Waals surface area contributed by atoms with Gasteiger partial charge in [-0.2, -0.15) is 4.72 Å². The van der Waals surface area contributed by atoms with Crippen LogP contribution in [0.2, 0.25) is 0 Å². The van der Waals surface area contributed by atoms with Crippen LogP contribution < -0.4 is 4.72 Å². The van der Waals surface area contributed by atoms with Crippen LogP contribution in [-0.2, 0) is 30.4 Å². The van der Waals surface area contributed by atoms with Gasteiger partial charge < -0.3 is 10.0 Å². The van der Waals surface area contributed by atoms with Crippen molar-refractivity contribution in [3.05, 3.63) is 38.4 Å². The summed E-state index contributed by atoms with van der Waals surface area (Å²) in [6, 6.07) is -1.19. The molecular weight excluding hydrogens is 448 g/mol. The number of nitro benzene ring substituents is 2. The number of carbonyl (C=O) groups excluding carboxylic acids is 1. The van der Waals surface area contributed by atoms with Crippen LogP contribution >= 0.6 is 0 Å². The number of nitro groups is 2. The molecule has 2 aliphatic heterocycles. The number of benzene rings is 1. The van der Waals surface area contributed by atoms with Crippen LogP contribution in [0.3, 0.4) is 0 Å². The van der Waals surface area contributed by atoms with Gasteiger partial charge in [0.1, 0.15) is 17.5 Å². The smallest absolute Gasteiger partial charge is 0.328 e. The second-order valence-corrected chi connectivity index (χ2v) is 10.9. The van der Waals surface area contributed by atoms with E-state index in [1.807, 2.05) is 4.72 Å². The van der Waals surface area contributed by atoms with E-state index in [4.69, 9.17) is 0 Å². The van der Waals surface area contributed by atoms with E-state index in [0.717, 1.165) is 11.0 Å². The van der Waals surface area contributed by atoms with Gasteiger partial charge in [0.05, 0.1) is 31.5 Å². The number of sulfonamides is 1. The number of aliphatic carboxylic acids is 1. The van der Waals surface area contributed by atoms with Crippen molar-refractivity contribution < 1.29 is 37.2 Å². The maximum Gasteiger partial charge on any atom is 0.328 e. The molecule has 2 aliphatic rings. The number of nitrogens with one attached hydrogen (secondary N) is 1. The van der Waals surface area contributed by atoms with Gasteiger partial charge in [-0.3, -0.25) is 29.2 Å². The van der Waals surface area contributed by atoms with E-state index < -0.39 is 81.0 Å². The quantitative estimate of drug-likeness (QED) is 0.309. The van der Waals surface area contributed by atoms with Crippen molar-refractivity contribution in [2.24, 2.45) is 0 Å². The van der Waals surface area contributed by atoms with Gasteiger partial charge in [0.25, 0.3) is 11.4 Å². The summed E-state index contributed by atoms with van der Waals surface area (Å²) in [5, 5.41) is 30.1. The standard InChI is InChI=1S/C14H14N4O10S2/c1-14(2)10(13(20)21)16-11(19)9(12(16)29(14)26)15-30(27,28)8-4-3-6(17(22)23)5-7(8)18(24)25/h3-5,9-10,12,15H,1-2H3,(H,20,21)/t9-,10+,12-,29?/m1/s1. The lowest BCUT2D eigenvalue weighted by atomic mass is 9.96. The van der Waals surface area contributed by atoms with Crippen molar-refractivity contribution >= 4 is 44.1 Å². The monoisotopic (exact) mass is 462 g/mol. The molecule has 0 radical (unpaired) electrons. The van der Waals surface area contributed by atoms with E-state index in [1.165, 1.54) is 13.8 Å². The summed E-state index contributed by atoms with van der Waals surface area (Å²) in [5.41, 5.74) is -1.80. The molecule has 2 N–H and O–H groups in total. The number of non-ortho nitro benzene ring substituents is 1. The molecule has 1 unspecified atom stereocenters. The minimum absolute atomic E-state index is 0.459.